The maximum Gasteiger partial charge on any atom is 0.329 e. The number of carbonyl (C=O) groups excluding carboxylic acids is 1. The fourth-order valence-electron chi connectivity index (χ4n) is 3.22. The summed E-state index contributed by atoms with van der Waals surface area (Å²) in [7, 11) is 0. The minimum absolute atomic E-state index is 0.144. The number of amides is 1. The molecule has 5 nitrogen and oxygen atoms in total. The van der Waals surface area contributed by atoms with Crippen molar-refractivity contribution in [2.24, 2.45) is 5.92 Å². The molecule has 0 aromatic rings. The predicted octanol–water partition coefficient (Wildman–Crippen LogP) is 1.28. The predicted molar refractivity (Wildman–Crippen MR) is 71.8 cm³/mol. The highest BCUT2D eigenvalue weighted by Crippen LogP contribution is 2.28. The van der Waals surface area contributed by atoms with Gasteiger partial charge in [-0.1, -0.05) is 32.6 Å². The van der Waals surface area contributed by atoms with Gasteiger partial charge in [0.2, 0.25) is 5.91 Å². The molecule has 1 heterocycles. The largest absolute Gasteiger partial charge is 0.480 e. The van der Waals surface area contributed by atoms with E-state index >= 15 is 0 Å². The molecule has 2 aliphatic rings. The van der Waals surface area contributed by atoms with Gasteiger partial charge in [0.25, 0.3) is 0 Å². The van der Waals surface area contributed by atoms with Gasteiger partial charge in [-0.2, -0.15) is 0 Å². The molecule has 5 heteroatoms. The Morgan fingerprint density at radius 1 is 1.21 bits per heavy atom. The van der Waals surface area contributed by atoms with Crippen LogP contribution in [0.1, 0.15) is 51.9 Å². The van der Waals surface area contributed by atoms with E-state index in [0.717, 1.165) is 38.6 Å². The van der Waals surface area contributed by atoms with Gasteiger partial charge in [-0.15, -0.1) is 0 Å². The van der Waals surface area contributed by atoms with Crippen molar-refractivity contribution in [3.05, 3.63) is 0 Å². The van der Waals surface area contributed by atoms with Crippen LogP contribution in [-0.2, 0) is 9.59 Å². The van der Waals surface area contributed by atoms with Crippen LogP contribution in [0.5, 0.6) is 0 Å². The zero-order valence-corrected chi connectivity index (χ0v) is 11.6. The van der Waals surface area contributed by atoms with Crippen LogP contribution in [0.25, 0.3) is 0 Å². The SMILES string of the molecule is CC1CCNC1C(=O)NC1(C(=O)O)CCCCCC1. The van der Waals surface area contributed by atoms with Gasteiger partial charge in [0.05, 0.1) is 6.04 Å². The molecule has 19 heavy (non-hydrogen) atoms. The molecular weight excluding hydrogens is 244 g/mol. The first-order valence-electron chi connectivity index (χ1n) is 7.34. The van der Waals surface area contributed by atoms with Crippen LogP contribution >= 0.6 is 0 Å². The minimum Gasteiger partial charge on any atom is -0.480 e. The van der Waals surface area contributed by atoms with Crippen LogP contribution in [0.3, 0.4) is 0 Å². The highest BCUT2D eigenvalue weighted by Gasteiger charge is 2.42. The van der Waals surface area contributed by atoms with E-state index in [9.17, 15) is 14.7 Å². The Morgan fingerprint density at radius 3 is 2.32 bits per heavy atom. The molecule has 2 fully saturated rings. The lowest BCUT2D eigenvalue weighted by atomic mass is 9.89. The molecule has 2 unspecified atom stereocenters. The molecule has 2 atom stereocenters. The van der Waals surface area contributed by atoms with Crippen molar-refractivity contribution in [2.45, 2.75) is 63.5 Å². The minimum atomic E-state index is -1.04. The maximum atomic E-state index is 12.3. The lowest BCUT2D eigenvalue weighted by molar-refractivity contribution is -0.148. The molecule has 1 aliphatic heterocycles. The topological polar surface area (TPSA) is 78.4 Å². The van der Waals surface area contributed by atoms with Crippen molar-refractivity contribution in [2.75, 3.05) is 6.54 Å². The normalized spacial score (nSPS) is 30.6. The third-order valence-corrected chi connectivity index (χ3v) is 4.54. The number of carboxylic acid groups (broad SMARTS) is 1. The van der Waals surface area contributed by atoms with E-state index in [0.29, 0.717) is 12.8 Å². The fraction of sp³-hybridized carbons (Fsp3) is 0.857. The van der Waals surface area contributed by atoms with E-state index in [1.54, 1.807) is 0 Å². The van der Waals surface area contributed by atoms with E-state index in [4.69, 9.17) is 0 Å². The van der Waals surface area contributed by atoms with Gasteiger partial charge < -0.3 is 15.7 Å². The van der Waals surface area contributed by atoms with Crippen LogP contribution in [0.4, 0.5) is 0 Å². The van der Waals surface area contributed by atoms with E-state index < -0.39 is 11.5 Å². The summed E-state index contributed by atoms with van der Waals surface area (Å²) in [6.45, 7) is 2.87. The summed E-state index contributed by atoms with van der Waals surface area (Å²) >= 11 is 0. The summed E-state index contributed by atoms with van der Waals surface area (Å²) in [6, 6.07) is -0.237. The number of carboxylic acids is 1. The van der Waals surface area contributed by atoms with Crippen LogP contribution in [0.2, 0.25) is 0 Å². The highest BCUT2D eigenvalue weighted by atomic mass is 16.4. The standard InChI is InChI=1S/C14H24N2O3/c1-10-6-9-15-11(10)12(17)16-14(13(18)19)7-4-2-3-5-8-14/h10-11,15H,2-9H2,1H3,(H,16,17)(H,18,19). The smallest absolute Gasteiger partial charge is 0.329 e. The average molecular weight is 268 g/mol. The Labute approximate surface area is 114 Å². The van der Waals surface area contributed by atoms with Gasteiger partial charge in [0, 0.05) is 0 Å². The van der Waals surface area contributed by atoms with Crippen LogP contribution in [-0.4, -0.2) is 35.1 Å². The van der Waals surface area contributed by atoms with Gasteiger partial charge in [0.1, 0.15) is 5.54 Å². The lowest BCUT2D eigenvalue weighted by Crippen LogP contribution is -2.58. The Hall–Kier alpha value is -1.10. The fourth-order valence-corrected chi connectivity index (χ4v) is 3.22. The number of rotatable bonds is 3. The van der Waals surface area contributed by atoms with Crippen LogP contribution in [0, 0.1) is 5.92 Å². The molecule has 0 spiro atoms. The van der Waals surface area contributed by atoms with Gasteiger partial charge in [-0.25, -0.2) is 4.79 Å². The van der Waals surface area contributed by atoms with E-state index in [1.165, 1.54) is 0 Å². The molecule has 0 bridgehead atoms. The monoisotopic (exact) mass is 268 g/mol. The van der Waals surface area contributed by atoms with E-state index in [1.807, 2.05) is 6.92 Å². The lowest BCUT2D eigenvalue weighted by Gasteiger charge is -2.31. The maximum absolute atomic E-state index is 12.3. The number of nitrogens with one attached hydrogen (secondary N) is 2. The van der Waals surface area contributed by atoms with Gasteiger partial charge >= 0.3 is 5.97 Å². The zero-order valence-electron chi connectivity index (χ0n) is 11.6. The van der Waals surface area contributed by atoms with Crippen molar-refractivity contribution < 1.29 is 14.7 Å². The van der Waals surface area contributed by atoms with Crippen molar-refractivity contribution in [1.29, 1.82) is 0 Å². The van der Waals surface area contributed by atoms with Crippen LogP contribution < -0.4 is 10.6 Å². The number of hydrogen-bond acceptors (Lipinski definition) is 3. The second-order valence-electron chi connectivity index (χ2n) is 5.99. The Bertz CT molecular complexity index is 349. The molecule has 0 aromatic heterocycles. The number of hydrogen-bond donors (Lipinski definition) is 3. The summed E-state index contributed by atoms with van der Waals surface area (Å²) in [5.41, 5.74) is -1.04. The van der Waals surface area contributed by atoms with E-state index in [-0.39, 0.29) is 17.9 Å². The Balaban J connectivity index is 2.07. The third-order valence-electron chi connectivity index (χ3n) is 4.54. The molecule has 0 aromatic carbocycles. The Morgan fingerprint density at radius 2 is 1.84 bits per heavy atom. The van der Waals surface area contributed by atoms with Crippen LogP contribution in [0.15, 0.2) is 0 Å². The number of carbonyl (C=O) groups is 2. The van der Waals surface area contributed by atoms with Crippen molar-refractivity contribution in [3.63, 3.8) is 0 Å². The molecule has 0 radical (unpaired) electrons. The third kappa shape index (κ3) is 3.08. The van der Waals surface area contributed by atoms with Gasteiger partial charge in [-0.3, -0.25) is 4.79 Å². The van der Waals surface area contributed by atoms with Crippen molar-refractivity contribution >= 4 is 11.9 Å². The van der Waals surface area contributed by atoms with E-state index in [2.05, 4.69) is 10.6 Å². The summed E-state index contributed by atoms with van der Waals surface area (Å²) in [5.74, 6) is -0.751. The second kappa shape index (κ2) is 5.90. The molecule has 1 saturated heterocycles. The molecule has 1 amide bonds. The summed E-state index contributed by atoms with van der Waals surface area (Å²) in [5, 5.41) is 15.5. The summed E-state index contributed by atoms with van der Waals surface area (Å²) in [4.78, 5) is 23.9. The molecule has 3 N–H and O–H groups in total. The molecule has 108 valence electrons. The first kappa shape index (κ1) is 14.3. The van der Waals surface area contributed by atoms with Gasteiger partial charge in [0.15, 0.2) is 0 Å². The molecular formula is C14H24N2O3. The van der Waals surface area contributed by atoms with Crippen molar-refractivity contribution in [1.82, 2.24) is 10.6 Å². The number of aliphatic carboxylic acids is 1. The first-order valence-corrected chi connectivity index (χ1v) is 7.34. The summed E-state index contributed by atoms with van der Waals surface area (Å²) in [6.07, 6.45) is 5.94. The van der Waals surface area contributed by atoms with Gasteiger partial charge in [-0.05, 0) is 31.7 Å². The quantitative estimate of drug-likeness (QED) is 0.674. The average Bonchev–Trinajstić information content (AvgIpc) is 2.64. The summed E-state index contributed by atoms with van der Waals surface area (Å²) < 4.78 is 0. The first-order chi connectivity index (χ1) is 9.05. The zero-order chi connectivity index (χ0) is 13.9. The Kier molecular flexibility index (Phi) is 4.45. The molecule has 1 aliphatic carbocycles. The molecule has 1 saturated carbocycles. The van der Waals surface area contributed by atoms with Crippen molar-refractivity contribution in [3.8, 4) is 0 Å². The second-order valence-corrected chi connectivity index (χ2v) is 5.99. The highest BCUT2D eigenvalue weighted by molar-refractivity contribution is 5.90. The molecule has 2 rings (SSSR count).